The molecule has 104 valence electrons. The van der Waals surface area contributed by atoms with Crippen LogP contribution in [-0.4, -0.2) is 13.1 Å². The highest BCUT2D eigenvalue weighted by atomic mass is 16.5. The van der Waals surface area contributed by atoms with Gasteiger partial charge in [0.1, 0.15) is 5.76 Å². The van der Waals surface area contributed by atoms with Crippen LogP contribution in [0.5, 0.6) is 0 Å². The average molecular weight is 262 g/mol. The number of methoxy groups -OCH3 is 1. The molecule has 0 spiro atoms. The molecule has 19 heavy (non-hydrogen) atoms. The van der Waals surface area contributed by atoms with Crippen molar-refractivity contribution in [3.63, 3.8) is 0 Å². The lowest BCUT2D eigenvalue weighted by Gasteiger charge is -2.32. The normalized spacial score (nSPS) is 22.6. The third-order valence-electron chi connectivity index (χ3n) is 3.86. The first-order valence-electron chi connectivity index (χ1n) is 6.78. The molecule has 0 aliphatic heterocycles. The van der Waals surface area contributed by atoms with Crippen molar-refractivity contribution in [3.8, 4) is 0 Å². The van der Waals surface area contributed by atoms with Crippen molar-refractivity contribution < 1.29 is 9.53 Å². The summed E-state index contributed by atoms with van der Waals surface area (Å²) in [4.78, 5) is 10.9. The zero-order valence-electron chi connectivity index (χ0n) is 11.8. The van der Waals surface area contributed by atoms with E-state index in [0.29, 0.717) is 11.8 Å². The summed E-state index contributed by atoms with van der Waals surface area (Å²) in [5.41, 5.74) is 8.51. The number of hydrogen-bond acceptors (Lipinski definition) is 2. The lowest BCUT2D eigenvalue weighted by Crippen LogP contribution is -2.30. The second-order valence-corrected chi connectivity index (χ2v) is 5.43. The van der Waals surface area contributed by atoms with Crippen LogP contribution in [0.25, 0.3) is 0 Å². The summed E-state index contributed by atoms with van der Waals surface area (Å²) in [6.07, 6.45) is 7.20. The number of hydrogen-bond donors (Lipinski definition) is 2. The van der Waals surface area contributed by atoms with Gasteiger partial charge < -0.3 is 15.8 Å². The van der Waals surface area contributed by atoms with E-state index in [1.54, 1.807) is 7.11 Å². The molecule has 2 aliphatic rings. The largest absolute Gasteiger partial charge is 0.497 e. The number of nitrogens with two attached hydrogens (primary N) is 1. The molecule has 0 fully saturated rings. The third-order valence-corrected chi connectivity index (χ3v) is 3.86. The summed E-state index contributed by atoms with van der Waals surface area (Å²) in [6.45, 7) is 4.38. The number of rotatable bonds is 3. The molecule has 0 heterocycles. The summed E-state index contributed by atoms with van der Waals surface area (Å²) in [5.74, 6) is 1.98. The van der Waals surface area contributed by atoms with E-state index >= 15 is 0 Å². The molecule has 2 aliphatic carbocycles. The summed E-state index contributed by atoms with van der Waals surface area (Å²) in [7, 11) is 1.72. The van der Waals surface area contributed by atoms with Crippen LogP contribution >= 0.6 is 0 Å². The van der Waals surface area contributed by atoms with Gasteiger partial charge in [0, 0.05) is 5.70 Å². The molecule has 3 N–H and O–H groups in total. The number of carbonyl (C=O) groups is 1. The number of nitrogens with one attached hydrogen (secondary N) is 1. The Hall–Kier alpha value is -1.71. The lowest BCUT2D eigenvalue weighted by molar-refractivity contribution is 0.251. The third kappa shape index (κ3) is 2.83. The number of allylic oxidation sites excluding steroid dienone is 4. The Morgan fingerprint density at radius 3 is 2.84 bits per heavy atom. The molecule has 0 aromatic heterocycles. The molecule has 1 atom stereocenters. The Morgan fingerprint density at radius 2 is 2.26 bits per heavy atom. The Labute approximate surface area is 114 Å². The fraction of sp³-hybridized carbons (Fsp3) is 0.533. The number of amides is 2. The van der Waals surface area contributed by atoms with Gasteiger partial charge in [-0.1, -0.05) is 19.9 Å². The molecule has 0 radical (unpaired) electrons. The van der Waals surface area contributed by atoms with Gasteiger partial charge in [-0.3, -0.25) is 0 Å². The highest BCUT2D eigenvalue weighted by Gasteiger charge is 2.29. The van der Waals surface area contributed by atoms with Crippen LogP contribution < -0.4 is 11.1 Å². The van der Waals surface area contributed by atoms with Crippen LogP contribution in [0, 0.1) is 11.8 Å². The number of carbonyl (C=O) groups excluding carboxylic acids is 1. The number of ether oxygens (including phenoxy) is 1. The second kappa shape index (κ2) is 5.51. The van der Waals surface area contributed by atoms with Crippen molar-refractivity contribution in [2.24, 2.45) is 17.6 Å². The summed E-state index contributed by atoms with van der Waals surface area (Å²) < 4.78 is 5.63. The highest BCUT2D eigenvalue weighted by molar-refractivity contribution is 5.74. The number of primary amides is 1. The van der Waals surface area contributed by atoms with Gasteiger partial charge in [-0.2, -0.15) is 0 Å². The maximum Gasteiger partial charge on any atom is 0.316 e. The minimum atomic E-state index is -0.524. The van der Waals surface area contributed by atoms with Gasteiger partial charge in [-0.25, -0.2) is 4.79 Å². The summed E-state index contributed by atoms with van der Waals surface area (Å²) in [6, 6.07) is -0.524. The Kier molecular flexibility index (Phi) is 3.98. The molecule has 0 saturated heterocycles. The minimum absolute atomic E-state index is 0.482. The van der Waals surface area contributed by atoms with Gasteiger partial charge in [0.2, 0.25) is 0 Å². The SMILES string of the molecule is COC1=C(C(C)C)CCC2CC=C(NC(N)=O)C=C12. The monoisotopic (exact) mass is 262 g/mol. The van der Waals surface area contributed by atoms with Gasteiger partial charge >= 0.3 is 6.03 Å². The van der Waals surface area contributed by atoms with Crippen LogP contribution in [0.3, 0.4) is 0 Å². The average Bonchev–Trinajstić information content (AvgIpc) is 2.36. The Bertz CT molecular complexity index is 473. The van der Waals surface area contributed by atoms with Gasteiger partial charge in [-0.05, 0) is 48.3 Å². The van der Waals surface area contributed by atoms with E-state index in [9.17, 15) is 4.79 Å². The molecule has 2 rings (SSSR count). The van der Waals surface area contributed by atoms with E-state index < -0.39 is 6.03 Å². The van der Waals surface area contributed by atoms with Gasteiger partial charge in [-0.15, -0.1) is 0 Å². The fourth-order valence-electron chi connectivity index (χ4n) is 2.92. The van der Waals surface area contributed by atoms with Crippen molar-refractivity contribution >= 4 is 6.03 Å². The van der Waals surface area contributed by atoms with E-state index in [0.717, 1.165) is 30.7 Å². The topological polar surface area (TPSA) is 64.3 Å². The van der Waals surface area contributed by atoms with Crippen molar-refractivity contribution in [2.75, 3.05) is 7.11 Å². The maximum atomic E-state index is 10.9. The molecular weight excluding hydrogens is 240 g/mol. The quantitative estimate of drug-likeness (QED) is 0.821. The van der Waals surface area contributed by atoms with Gasteiger partial charge in [0.05, 0.1) is 7.11 Å². The van der Waals surface area contributed by atoms with Crippen LogP contribution in [0.2, 0.25) is 0 Å². The summed E-state index contributed by atoms with van der Waals surface area (Å²) >= 11 is 0. The Balaban J connectivity index is 2.35. The molecule has 2 amide bonds. The van der Waals surface area contributed by atoms with Crippen LogP contribution in [0.15, 0.2) is 34.8 Å². The molecular formula is C15H22N2O2. The molecule has 1 unspecified atom stereocenters. The van der Waals surface area contributed by atoms with Crippen LogP contribution in [-0.2, 0) is 4.74 Å². The Morgan fingerprint density at radius 1 is 1.53 bits per heavy atom. The van der Waals surface area contributed by atoms with Gasteiger partial charge in [0.25, 0.3) is 0 Å². The van der Waals surface area contributed by atoms with E-state index in [1.807, 2.05) is 12.2 Å². The summed E-state index contributed by atoms with van der Waals surface area (Å²) in [5, 5.41) is 2.65. The predicted molar refractivity (Wildman–Crippen MR) is 75.1 cm³/mol. The standard InChI is InChI=1S/C15H22N2O2/c1-9(2)12-7-5-10-4-6-11(17-15(16)18)8-13(10)14(12)19-3/h6,8-10H,4-5,7H2,1-3H3,(H3,16,17,18). The number of urea groups is 1. The first-order valence-corrected chi connectivity index (χ1v) is 6.78. The zero-order valence-corrected chi connectivity index (χ0v) is 11.8. The number of fused-ring (bicyclic) bond motifs is 1. The van der Waals surface area contributed by atoms with Crippen molar-refractivity contribution in [1.29, 1.82) is 0 Å². The molecule has 4 heteroatoms. The highest BCUT2D eigenvalue weighted by Crippen LogP contribution is 2.41. The van der Waals surface area contributed by atoms with E-state index in [1.165, 1.54) is 11.1 Å². The first-order chi connectivity index (χ1) is 9.02. The van der Waals surface area contributed by atoms with E-state index in [-0.39, 0.29) is 0 Å². The van der Waals surface area contributed by atoms with Crippen molar-refractivity contribution in [1.82, 2.24) is 5.32 Å². The zero-order chi connectivity index (χ0) is 14.0. The van der Waals surface area contributed by atoms with E-state index in [2.05, 4.69) is 19.2 Å². The smallest absolute Gasteiger partial charge is 0.316 e. The molecule has 4 nitrogen and oxygen atoms in total. The van der Waals surface area contributed by atoms with E-state index in [4.69, 9.17) is 10.5 Å². The molecule has 0 aromatic rings. The molecule has 0 aromatic carbocycles. The van der Waals surface area contributed by atoms with Crippen LogP contribution in [0.4, 0.5) is 4.79 Å². The first kappa shape index (κ1) is 13.7. The van der Waals surface area contributed by atoms with Gasteiger partial charge in [0.15, 0.2) is 0 Å². The predicted octanol–water partition coefficient (Wildman–Crippen LogP) is 2.84. The van der Waals surface area contributed by atoms with Crippen LogP contribution in [0.1, 0.15) is 33.1 Å². The minimum Gasteiger partial charge on any atom is -0.497 e. The van der Waals surface area contributed by atoms with Crippen molar-refractivity contribution in [2.45, 2.75) is 33.1 Å². The molecule has 0 bridgehead atoms. The van der Waals surface area contributed by atoms with Crippen molar-refractivity contribution in [3.05, 3.63) is 34.8 Å². The lowest BCUT2D eigenvalue weighted by atomic mass is 9.76. The second-order valence-electron chi connectivity index (χ2n) is 5.43. The maximum absolute atomic E-state index is 10.9. The molecule has 0 saturated carbocycles. The fourth-order valence-corrected chi connectivity index (χ4v) is 2.92.